The maximum Gasteiger partial charge on any atom is 0.436 e. The van der Waals surface area contributed by atoms with Crippen LogP contribution in [0.5, 0.6) is 0 Å². The molecule has 17 heavy (non-hydrogen) atoms. The Morgan fingerprint density at radius 1 is 1.53 bits per heavy atom. The van der Waals surface area contributed by atoms with E-state index in [-0.39, 0.29) is 0 Å². The fraction of sp³-hybridized carbons (Fsp3) is 0.375. The molecule has 1 heterocycles. The lowest BCUT2D eigenvalue weighted by Crippen LogP contribution is -2.22. The Kier molecular flexibility index (Phi) is 3.51. The van der Waals surface area contributed by atoms with Crippen molar-refractivity contribution in [2.45, 2.75) is 6.18 Å². The van der Waals surface area contributed by atoms with Crippen molar-refractivity contribution in [1.82, 2.24) is 9.78 Å². The Labute approximate surface area is 93.1 Å². The molecule has 0 spiro atoms. The van der Waals surface area contributed by atoms with Gasteiger partial charge in [0, 0.05) is 13.2 Å². The summed E-state index contributed by atoms with van der Waals surface area (Å²) < 4.78 is 42.2. The van der Waals surface area contributed by atoms with Gasteiger partial charge in [-0.25, -0.2) is 4.79 Å². The first-order valence-electron chi connectivity index (χ1n) is 4.31. The third kappa shape index (κ3) is 3.03. The predicted molar refractivity (Wildman–Crippen MR) is 47.7 cm³/mol. The smallest absolute Gasteiger partial charge is 0.388 e. The third-order valence-electron chi connectivity index (χ3n) is 1.69. The molecule has 0 aliphatic rings. The van der Waals surface area contributed by atoms with Crippen LogP contribution >= 0.6 is 0 Å². The third-order valence-corrected chi connectivity index (χ3v) is 1.69. The number of hydrogen-bond acceptors (Lipinski definition) is 5. The zero-order valence-corrected chi connectivity index (χ0v) is 8.61. The van der Waals surface area contributed by atoms with Crippen LogP contribution in [0, 0.1) is 0 Å². The minimum atomic E-state index is -4.80. The molecule has 0 amide bonds. The fourth-order valence-corrected chi connectivity index (χ4v) is 1.05. The molecule has 0 saturated carbocycles. The molecule has 6 nitrogen and oxygen atoms in total. The molecule has 0 radical (unpaired) electrons. The Hall–Kier alpha value is -1.90. The minimum absolute atomic E-state index is 0.604. The van der Waals surface area contributed by atoms with Gasteiger partial charge in [-0.05, 0) is 0 Å². The number of alkyl halides is 3. The van der Waals surface area contributed by atoms with E-state index < -0.39 is 35.9 Å². The first-order chi connectivity index (χ1) is 7.75. The molecule has 0 atom stereocenters. The van der Waals surface area contributed by atoms with Crippen molar-refractivity contribution in [2.24, 2.45) is 12.8 Å². The number of halogens is 3. The van der Waals surface area contributed by atoms with Gasteiger partial charge in [-0.3, -0.25) is 9.48 Å². The van der Waals surface area contributed by atoms with E-state index in [2.05, 4.69) is 9.84 Å². The molecule has 0 aliphatic heterocycles. The van der Waals surface area contributed by atoms with E-state index >= 15 is 0 Å². The summed E-state index contributed by atoms with van der Waals surface area (Å²) in [7, 11) is 1.21. The normalized spacial score (nSPS) is 11.4. The van der Waals surface area contributed by atoms with Gasteiger partial charge in [0.2, 0.25) is 0 Å². The number of nitrogens with two attached hydrogens (primary N) is 1. The average Bonchev–Trinajstić information content (AvgIpc) is 2.59. The zero-order chi connectivity index (χ0) is 13.2. The molecular formula is C8H8F3N3O3. The van der Waals surface area contributed by atoms with Crippen molar-refractivity contribution in [3.8, 4) is 0 Å². The van der Waals surface area contributed by atoms with Crippen LogP contribution in [0.15, 0.2) is 6.20 Å². The molecule has 1 aromatic heterocycles. The van der Waals surface area contributed by atoms with Crippen LogP contribution in [-0.2, 0) is 22.8 Å². The first-order valence-corrected chi connectivity index (χ1v) is 4.31. The van der Waals surface area contributed by atoms with Crippen LogP contribution in [-0.4, -0.2) is 28.3 Å². The topological polar surface area (TPSA) is 87.2 Å². The molecule has 94 valence electrons. The van der Waals surface area contributed by atoms with Crippen LogP contribution in [0.25, 0.3) is 0 Å². The summed E-state index contributed by atoms with van der Waals surface area (Å²) in [6.07, 6.45) is -3.99. The number of ether oxygens (including phenoxy) is 1. The number of carbonyl (C=O) groups excluding carboxylic acids is 2. The second kappa shape index (κ2) is 4.53. The van der Waals surface area contributed by atoms with Crippen molar-refractivity contribution in [2.75, 3.05) is 6.54 Å². The van der Waals surface area contributed by atoms with E-state index in [9.17, 15) is 22.8 Å². The summed E-state index contributed by atoms with van der Waals surface area (Å²) in [5, 5.41) is 3.08. The number of hydrogen-bond donors (Lipinski definition) is 1. The van der Waals surface area contributed by atoms with Crippen molar-refractivity contribution < 1.29 is 27.5 Å². The summed E-state index contributed by atoms with van der Waals surface area (Å²) >= 11 is 0. The standard InChI is InChI=1S/C8H8F3N3O3/c1-14-3-4(6(13-14)8(9,10)11)7(16)17-5(15)2-12/h3H,2,12H2,1H3. The molecule has 1 rings (SSSR count). The SMILES string of the molecule is Cn1cc(C(=O)OC(=O)CN)c(C(F)(F)F)n1. The maximum atomic E-state index is 12.4. The highest BCUT2D eigenvalue weighted by atomic mass is 19.4. The summed E-state index contributed by atoms with van der Waals surface area (Å²) in [4.78, 5) is 21.9. The first kappa shape index (κ1) is 13.2. The largest absolute Gasteiger partial charge is 0.436 e. The van der Waals surface area contributed by atoms with Crippen molar-refractivity contribution in [1.29, 1.82) is 0 Å². The van der Waals surface area contributed by atoms with Crippen LogP contribution in [0.2, 0.25) is 0 Å². The number of nitrogens with zero attached hydrogens (tertiary/aromatic N) is 2. The van der Waals surface area contributed by atoms with Gasteiger partial charge in [0.15, 0.2) is 5.69 Å². The highest BCUT2D eigenvalue weighted by Gasteiger charge is 2.39. The molecule has 2 N–H and O–H groups in total. The van der Waals surface area contributed by atoms with Crippen LogP contribution in [0.3, 0.4) is 0 Å². The van der Waals surface area contributed by atoms with Crippen LogP contribution < -0.4 is 5.73 Å². The Morgan fingerprint density at radius 3 is 2.59 bits per heavy atom. The Bertz CT molecular complexity index is 453. The number of aryl methyl sites for hydroxylation is 1. The monoisotopic (exact) mass is 251 g/mol. The maximum absolute atomic E-state index is 12.4. The van der Waals surface area contributed by atoms with Gasteiger partial charge < -0.3 is 10.5 Å². The van der Waals surface area contributed by atoms with Gasteiger partial charge in [0.25, 0.3) is 0 Å². The molecule has 1 aromatic rings. The average molecular weight is 251 g/mol. The summed E-state index contributed by atoms with van der Waals surface area (Å²) in [5.74, 6) is -2.55. The molecular weight excluding hydrogens is 243 g/mol. The van der Waals surface area contributed by atoms with Crippen molar-refractivity contribution in [3.05, 3.63) is 17.5 Å². The molecule has 0 aliphatic carbocycles. The number of esters is 2. The van der Waals surface area contributed by atoms with E-state index in [0.29, 0.717) is 0 Å². The second-order valence-corrected chi connectivity index (χ2v) is 3.03. The number of aromatic nitrogens is 2. The molecule has 0 bridgehead atoms. The van der Waals surface area contributed by atoms with Crippen molar-refractivity contribution in [3.63, 3.8) is 0 Å². The van der Waals surface area contributed by atoms with Gasteiger partial charge in [-0.1, -0.05) is 0 Å². The van der Waals surface area contributed by atoms with Gasteiger partial charge in [0.05, 0.1) is 6.54 Å². The number of carbonyl (C=O) groups is 2. The van der Waals surface area contributed by atoms with Crippen LogP contribution in [0.4, 0.5) is 13.2 Å². The van der Waals surface area contributed by atoms with E-state index in [1.165, 1.54) is 7.05 Å². The Balaban J connectivity index is 3.05. The fourth-order valence-electron chi connectivity index (χ4n) is 1.05. The lowest BCUT2D eigenvalue weighted by atomic mass is 10.2. The highest BCUT2D eigenvalue weighted by Crippen LogP contribution is 2.30. The van der Waals surface area contributed by atoms with E-state index in [0.717, 1.165) is 10.9 Å². The molecule has 0 aromatic carbocycles. The van der Waals surface area contributed by atoms with Crippen LogP contribution in [0.1, 0.15) is 16.1 Å². The van der Waals surface area contributed by atoms with Gasteiger partial charge in [-0.2, -0.15) is 18.3 Å². The molecule has 9 heteroatoms. The Morgan fingerprint density at radius 2 is 2.12 bits per heavy atom. The molecule has 0 unspecified atom stereocenters. The zero-order valence-electron chi connectivity index (χ0n) is 8.61. The lowest BCUT2D eigenvalue weighted by molar-refractivity contribution is -0.143. The predicted octanol–water partition coefficient (Wildman–Crippen LogP) is 0.0810. The lowest BCUT2D eigenvalue weighted by Gasteiger charge is -2.04. The minimum Gasteiger partial charge on any atom is -0.388 e. The van der Waals surface area contributed by atoms with Gasteiger partial charge in [-0.15, -0.1) is 0 Å². The quantitative estimate of drug-likeness (QED) is 0.594. The number of rotatable bonds is 2. The summed E-state index contributed by atoms with van der Waals surface area (Å²) in [5.41, 5.74) is 2.62. The second-order valence-electron chi connectivity index (χ2n) is 3.03. The molecule has 0 saturated heterocycles. The summed E-state index contributed by atoms with van der Waals surface area (Å²) in [6.45, 7) is -0.604. The van der Waals surface area contributed by atoms with E-state index in [4.69, 9.17) is 5.73 Å². The van der Waals surface area contributed by atoms with Gasteiger partial charge in [0.1, 0.15) is 5.56 Å². The van der Waals surface area contributed by atoms with Gasteiger partial charge >= 0.3 is 18.1 Å². The van der Waals surface area contributed by atoms with E-state index in [1.807, 2.05) is 0 Å². The highest BCUT2D eigenvalue weighted by molar-refractivity contribution is 5.98. The van der Waals surface area contributed by atoms with Crippen molar-refractivity contribution >= 4 is 11.9 Å². The van der Waals surface area contributed by atoms with E-state index in [1.54, 1.807) is 0 Å². The summed E-state index contributed by atoms with van der Waals surface area (Å²) in [6, 6.07) is 0. The molecule has 0 fully saturated rings.